The third-order valence-corrected chi connectivity index (χ3v) is 4.73. The molecule has 122 valence electrons. The van der Waals surface area contributed by atoms with Crippen molar-refractivity contribution in [3.8, 4) is 0 Å². The van der Waals surface area contributed by atoms with Crippen LogP contribution >= 0.6 is 0 Å². The average molecular weight is 320 g/mol. The molecule has 0 spiro atoms. The van der Waals surface area contributed by atoms with Crippen molar-refractivity contribution >= 4 is 28.6 Å². The summed E-state index contributed by atoms with van der Waals surface area (Å²) in [6, 6.07) is 14.1. The fourth-order valence-corrected chi connectivity index (χ4v) is 3.48. The topological polar surface area (TPSA) is 41.6 Å². The number of carbonyl (C=O) groups excluding carboxylic acids is 1. The molecule has 1 N–H and O–H groups in total. The van der Waals surface area contributed by atoms with Gasteiger partial charge in [-0.3, -0.25) is 4.79 Å². The smallest absolute Gasteiger partial charge is 0.260 e. The Hall–Kier alpha value is -2.75. The number of benzene rings is 2. The number of carbonyl (C=O) groups is 1. The normalized spacial score (nSPS) is 18.0. The molecule has 4 rings (SSSR count). The maximum Gasteiger partial charge on any atom is 0.260 e. The average Bonchev–Trinajstić information content (AvgIpc) is 3.15. The van der Waals surface area contributed by atoms with Crippen LogP contribution in [0, 0.1) is 0 Å². The molecule has 0 aliphatic carbocycles. The number of hydrogen-bond donors (Lipinski definition) is 1. The number of nitrogens with one attached hydrogen (secondary N) is 1. The van der Waals surface area contributed by atoms with E-state index < -0.39 is 0 Å². The summed E-state index contributed by atoms with van der Waals surface area (Å²) in [5.74, 6) is 0.602. The molecule has 0 bridgehead atoms. The van der Waals surface area contributed by atoms with Gasteiger partial charge >= 0.3 is 0 Å². The minimum atomic E-state index is -0.0909. The second-order valence-corrected chi connectivity index (χ2v) is 6.01. The zero-order chi connectivity index (χ0) is 16.7. The molecule has 0 saturated heterocycles. The molecule has 0 aromatic heterocycles. The molecule has 2 aromatic rings. The summed E-state index contributed by atoms with van der Waals surface area (Å²) in [5.41, 5.74) is 5.76. The van der Waals surface area contributed by atoms with Gasteiger partial charge in [0.25, 0.3) is 5.91 Å². The van der Waals surface area contributed by atoms with E-state index in [2.05, 4.69) is 42.3 Å². The zero-order valence-electron chi connectivity index (χ0n) is 13.9. The largest absolute Gasteiger partial charge is 0.487 e. The molecule has 0 fully saturated rings. The van der Waals surface area contributed by atoms with Crippen molar-refractivity contribution in [2.75, 3.05) is 23.3 Å². The van der Waals surface area contributed by atoms with E-state index in [-0.39, 0.29) is 5.91 Å². The van der Waals surface area contributed by atoms with Gasteiger partial charge in [-0.25, -0.2) is 0 Å². The van der Waals surface area contributed by atoms with Crippen molar-refractivity contribution in [3.05, 3.63) is 59.2 Å². The molecular formula is C20H20N2O2. The van der Waals surface area contributed by atoms with E-state index in [1.165, 1.54) is 5.69 Å². The van der Waals surface area contributed by atoms with Crippen LogP contribution < -0.4 is 10.2 Å². The van der Waals surface area contributed by atoms with Gasteiger partial charge in [0.05, 0.1) is 5.57 Å². The second-order valence-electron chi connectivity index (χ2n) is 6.01. The van der Waals surface area contributed by atoms with Gasteiger partial charge < -0.3 is 15.0 Å². The summed E-state index contributed by atoms with van der Waals surface area (Å²) in [4.78, 5) is 14.7. The fourth-order valence-electron chi connectivity index (χ4n) is 3.48. The van der Waals surface area contributed by atoms with Crippen molar-refractivity contribution in [1.82, 2.24) is 0 Å². The lowest BCUT2D eigenvalue weighted by molar-refractivity contribution is -0.110. The highest BCUT2D eigenvalue weighted by Gasteiger charge is 2.32. The number of nitrogens with zero attached hydrogens (tertiary/aromatic N) is 1. The first kappa shape index (κ1) is 14.8. The highest BCUT2D eigenvalue weighted by molar-refractivity contribution is 6.36. The summed E-state index contributed by atoms with van der Waals surface area (Å²) in [5, 5.41) is 2.92. The van der Waals surface area contributed by atoms with E-state index in [9.17, 15) is 4.79 Å². The molecule has 0 atom stereocenters. The maximum atomic E-state index is 12.4. The van der Waals surface area contributed by atoms with Crippen LogP contribution in [0.4, 0.5) is 11.4 Å². The van der Waals surface area contributed by atoms with Gasteiger partial charge in [0.15, 0.2) is 0 Å². The molecule has 0 radical (unpaired) electrons. The Morgan fingerprint density at radius 1 is 1.08 bits per heavy atom. The molecule has 4 heteroatoms. The monoisotopic (exact) mass is 320 g/mol. The summed E-state index contributed by atoms with van der Waals surface area (Å²) in [6.45, 7) is 6.76. The van der Waals surface area contributed by atoms with Gasteiger partial charge in [-0.2, -0.15) is 0 Å². The molecule has 4 nitrogen and oxygen atoms in total. The van der Waals surface area contributed by atoms with Crippen LogP contribution in [0.2, 0.25) is 0 Å². The fraction of sp³-hybridized carbons (Fsp3) is 0.250. The number of ether oxygens (including phenoxy) is 1. The highest BCUT2D eigenvalue weighted by Crippen LogP contribution is 2.42. The summed E-state index contributed by atoms with van der Waals surface area (Å²) < 4.78 is 5.94. The Morgan fingerprint density at radius 3 is 2.67 bits per heavy atom. The molecule has 2 heterocycles. The molecule has 0 saturated carbocycles. The number of hydrogen-bond acceptors (Lipinski definition) is 3. The lowest BCUT2D eigenvalue weighted by atomic mass is 10.00. The number of para-hydroxylation sites is 1. The van der Waals surface area contributed by atoms with Gasteiger partial charge in [0, 0.05) is 41.2 Å². The van der Waals surface area contributed by atoms with Crippen LogP contribution in [0.1, 0.15) is 30.5 Å². The Labute approximate surface area is 141 Å². The van der Waals surface area contributed by atoms with Crippen LogP contribution in [0.15, 0.2) is 42.5 Å². The van der Waals surface area contributed by atoms with Crippen LogP contribution in [0.3, 0.4) is 0 Å². The molecule has 2 aliphatic rings. The molecule has 24 heavy (non-hydrogen) atoms. The third-order valence-electron chi connectivity index (χ3n) is 4.73. The molecule has 2 aromatic carbocycles. The second kappa shape index (κ2) is 5.71. The SMILES string of the molecule is CCN(CC)c1ccc2c(c1)COC2=C1C(=O)Nc2ccccc21. The van der Waals surface area contributed by atoms with E-state index >= 15 is 0 Å². The van der Waals surface area contributed by atoms with Crippen molar-refractivity contribution in [2.45, 2.75) is 20.5 Å². The summed E-state index contributed by atoms with van der Waals surface area (Å²) in [7, 11) is 0. The predicted octanol–water partition coefficient (Wildman–Crippen LogP) is 3.88. The standard InChI is InChI=1S/C20H20N2O2/c1-3-22(4-2)14-9-10-15-13(11-14)12-24-19(15)18-16-7-5-6-8-17(16)21-20(18)23/h5-11H,3-4,12H2,1-2H3,(H,21,23). The number of amides is 1. The Balaban J connectivity index is 1.81. The molecule has 2 aliphatic heterocycles. The number of fused-ring (bicyclic) bond motifs is 2. The lowest BCUT2D eigenvalue weighted by Crippen LogP contribution is -2.21. The van der Waals surface area contributed by atoms with Crippen LogP contribution in [-0.2, 0) is 16.1 Å². The van der Waals surface area contributed by atoms with Crippen LogP contribution in [-0.4, -0.2) is 19.0 Å². The van der Waals surface area contributed by atoms with E-state index in [1.54, 1.807) is 0 Å². The van der Waals surface area contributed by atoms with Crippen molar-refractivity contribution in [3.63, 3.8) is 0 Å². The van der Waals surface area contributed by atoms with Gasteiger partial charge in [-0.15, -0.1) is 0 Å². The predicted molar refractivity (Wildman–Crippen MR) is 96.7 cm³/mol. The Morgan fingerprint density at radius 2 is 1.88 bits per heavy atom. The first-order valence-corrected chi connectivity index (χ1v) is 8.39. The van der Waals surface area contributed by atoms with Crippen molar-refractivity contribution in [2.24, 2.45) is 0 Å². The van der Waals surface area contributed by atoms with Crippen LogP contribution in [0.5, 0.6) is 0 Å². The quantitative estimate of drug-likeness (QED) is 0.873. The van der Waals surface area contributed by atoms with Crippen molar-refractivity contribution < 1.29 is 9.53 Å². The molecule has 1 amide bonds. The number of rotatable bonds is 3. The zero-order valence-corrected chi connectivity index (χ0v) is 13.9. The van der Waals surface area contributed by atoms with Crippen LogP contribution in [0.25, 0.3) is 11.3 Å². The first-order valence-electron chi connectivity index (χ1n) is 8.39. The summed E-state index contributed by atoms with van der Waals surface area (Å²) in [6.07, 6.45) is 0. The third kappa shape index (κ3) is 2.18. The van der Waals surface area contributed by atoms with E-state index in [0.717, 1.165) is 35.5 Å². The Kier molecular flexibility index (Phi) is 3.53. The van der Waals surface area contributed by atoms with Gasteiger partial charge in [-0.1, -0.05) is 18.2 Å². The highest BCUT2D eigenvalue weighted by atomic mass is 16.5. The first-order chi connectivity index (χ1) is 11.7. The summed E-state index contributed by atoms with van der Waals surface area (Å²) >= 11 is 0. The van der Waals surface area contributed by atoms with E-state index in [0.29, 0.717) is 17.9 Å². The van der Waals surface area contributed by atoms with Gasteiger partial charge in [0.1, 0.15) is 12.4 Å². The van der Waals surface area contributed by atoms with Gasteiger partial charge in [0.2, 0.25) is 0 Å². The Bertz CT molecular complexity index is 850. The van der Waals surface area contributed by atoms with E-state index in [1.807, 2.05) is 24.3 Å². The minimum absolute atomic E-state index is 0.0909. The molecule has 0 unspecified atom stereocenters. The lowest BCUT2D eigenvalue weighted by Gasteiger charge is -2.21. The van der Waals surface area contributed by atoms with Gasteiger partial charge in [-0.05, 0) is 38.1 Å². The van der Waals surface area contributed by atoms with E-state index in [4.69, 9.17) is 4.74 Å². The van der Waals surface area contributed by atoms with Crippen molar-refractivity contribution in [1.29, 1.82) is 0 Å². The molecular weight excluding hydrogens is 300 g/mol. The number of anilines is 2. The maximum absolute atomic E-state index is 12.4. The minimum Gasteiger partial charge on any atom is -0.487 e.